The van der Waals surface area contributed by atoms with E-state index in [0.29, 0.717) is 5.25 Å². The van der Waals surface area contributed by atoms with Gasteiger partial charge in [-0.2, -0.15) is 12.6 Å². The summed E-state index contributed by atoms with van der Waals surface area (Å²) in [4.78, 5) is 0. The molecule has 0 saturated carbocycles. The van der Waals surface area contributed by atoms with Crippen molar-refractivity contribution in [3.63, 3.8) is 0 Å². The largest absolute Gasteiger partial charge is 0.176 e. The zero-order valence-electron chi connectivity index (χ0n) is 14.0. The molecule has 0 aliphatic rings. The van der Waals surface area contributed by atoms with E-state index in [4.69, 9.17) is 0 Å². The molecule has 0 nitrogen and oxygen atoms in total. The van der Waals surface area contributed by atoms with Crippen molar-refractivity contribution in [2.75, 3.05) is 0 Å². The van der Waals surface area contributed by atoms with Crippen LogP contribution in [-0.2, 0) is 0 Å². The predicted octanol–water partition coefficient (Wildman–Crippen LogP) is 6.89. The predicted molar refractivity (Wildman–Crippen MR) is 93.2 cm³/mol. The SMILES string of the molecule is CCCCC(CCCCCCC(C)S)CCC(C)C. The molecule has 0 rings (SSSR count). The zero-order valence-corrected chi connectivity index (χ0v) is 14.9. The third kappa shape index (κ3) is 14.6. The Labute approximate surface area is 128 Å². The second-order valence-corrected chi connectivity index (χ2v) is 7.70. The second-order valence-electron chi connectivity index (χ2n) is 6.82. The number of hydrogen-bond donors (Lipinski definition) is 1. The number of thiol groups is 1. The first kappa shape index (κ1) is 19.4. The van der Waals surface area contributed by atoms with Crippen molar-refractivity contribution in [3.8, 4) is 0 Å². The Balaban J connectivity index is 3.60. The average molecular weight is 287 g/mol. The molecule has 0 bridgehead atoms. The summed E-state index contributed by atoms with van der Waals surface area (Å²) in [5.74, 6) is 1.88. The van der Waals surface area contributed by atoms with Crippen LogP contribution in [0.5, 0.6) is 0 Å². The molecule has 0 spiro atoms. The lowest BCUT2D eigenvalue weighted by Gasteiger charge is -2.17. The molecule has 1 heteroatoms. The third-order valence-corrected chi connectivity index (χ3v) is 4.36. The summed E-state index contributed by atoms with van der Waals surface area (Å²) in [6, 6.07) is 0. The van der Waals surface area contributed by atoms with E-state index >= 15 is 0 Å². The maximum atomic E-state index is 4.44. The summed E-state index contributed by atoms with van der Waals surface area (Å²) >= 11 is 4.44. The summed E-state index contributed by atoms with van der Waals surface area (Å²) < 4.78 is 0. The minimum atomic E-state index is 0.586. The van der Waals surface area contributed by atoms with Gasteiger partial charge in [-0.25, -0.2) is 0 Å². The van der Waals surface area contributed by atoms with E-state index in [1.54, 1.807) is 0 Å². The van der Waals surface area contributed by atoms with Gasteiger partial charge in [0.2, 0.25) is 0 Å². The van der Waals surface area contributed by atoms with Crippen LogP contribution in [0.25, 0.3) is 0 Å². The van der Waals surface area contributed by atoms with Crippen molar-refractivity contribution in [1.82, 2.24) is 0 Å². The molecule has 116 valence electrons. The summed E-state index contributed by atoms with van der Waals surface area (Å²) in [6.07, 6.45) is 15.6. The molecule has 0 heterocycles. The van der Waals surface area contributed by atoms with Crippen LogP contribution in [0, 0.1) is 11.8 Å². The Morgan fingerprint density at radius 3 is 1.79 bits per heavy atom. The summed E-state index contributed by atoms with van der Waals surface area (Å²) in [5.41, 5.74) is 0. The van der Waals surface area contributed by atoms with Gasteiger partial charge in [0.05, 0.1) is 0 Å². The minimum Gasteiger partial charge on any atom is -0.176 e. The quantitative estimate of drug-likeness (QED) is 0.276. The molecule has 0 N–H and O–H groups in total. The van der Waals surface area contributed by atoms with Crippen molar-refractivity contribution >= 4 is 12.6 Å². The fourth-order valence-electron chi connectivity index (χ4n) is 2.72. The first-order valence-corrected chi connectivity index (χ1v) is 9.25. The van der Waals surface area contributed by atoms with E-state index in [0.717, 1.165) is 11.8 Å². The Hall–Kier alpha value is 0.350. The molecule has 0 saturated heterocycles. The minimum absolute atomic E-state index is 0.586. The van der Waals surface area contributed by atoms with Gasteiger partial charge in [0.15, 0.2) is 0 Å². The molecule has 0 aromatic heterocycles. The highest BCUT2D eigenvalue weighted by molar-refractivity contribution is 7.80. The molecule has 2 unspecified atom stereocenters. The highest BCUT2D eigenvalue weighted by atomic mass is 32.1. The lowest BCUT2D eigenvalue weighted by Crippen LogP contribution is -2.03. The normalized spacial score (nSPS) is 14.8. The van der Waals surface area contributed by atoms with Gasteiger partial charge in [-0.15, -0.1) is 0 Å². The lowest BCUT2D eigenvalue weighted by atomic mass is 9.89. The van der Waals surface area contributed by atoms with Gasteiger partial charge >= 0.3 is 0 Å². The maximum Gasteiger partial charge on any atom is -0.00116 e. The van der Waals surface area contributed by atoms with Crippen molar-refractivity contribution in [3.05, 3.63) is 0 Å². The molecule has 0 amide bonds. The van der Waals surface area contributed by atoms with Crippen LogP contribution >= 0.6 is 12.6 Å². The van der Waals surface area contributed by atoms with Gasteiger partial charge in [0.1, 0.15) is 0 Å². The number of unbranched alkanes of at least 4 members (excludes halogenated alkanes) is 4. The van der Waals surface area contributed by atoms with Crippen molar-refractivity contribution in [2.45, 2.75) is 104 Å². The Bertz CT molecular complexity index is 175. The summed E-state index contributed by atoms with van der Waals surface area (Å²) in [6.45, 7) is 9.24. The van der Waals surface area contributed by atoms with E-state index in [2.05, 4.69) is 40.3 Å². The number of hydrogen-bond acceptors (Lipinski definition) is 1. The van der Waals surface area contributed by atoms with Crippen LogP contribution in [-0.4, -0.2) is 5.25 Å². The fraction of sp³-hybridized carbons (Fsp3) is 1.00. The van der Waals surface area contributed by atoms with Crippen LogP contribution in [0.4, 0.5) is 0 Å². The lowest BCUT2D eigenvalue weighted by molar-refractivity contribution is 0.356. The van der Waals surface area contributed by atoms with E-state index < -0.39 is 0 Å². The monoisotopic (exact) mass is 286 g/mol. The van der Waals surface area contributed by atoms with Crippen LogP contribution < -0.4 is 0 Å². The molecule has 0 fully saturated rings. The van der Waals surface area contributed by atoms with Gasteiger partial charge in [-0.3, -0.25) is 0 Å². The second kappa shape index (κ2) is 13.3. The van der Waals surface area contributed by atoms with Gasteiger partial charge in [-0.1, -0.05) is 91.9 Å². The van der Waals surface area contributed by atoms with Crippen LogP contribution in [0.1, 0.15) is 98.3 Å². The van der Waals surface area contributed by atoms with Gasteiger partial charge in [0.25, 0.3) is 0 Å². The van der Waals surface area contributed by atoms with Crippen molar-refractivity contribution < 1.29 is 0 Å². The van der Waals surface area contributed by atoms with Gasteiger partial charge in [-0.05, 0) is 23.5 Å². The standard InChI is InChI=1S/C18H38S/c1-5-6-12-18(15-14-16(2)3)13-10-8-7-9-11-17(4)19/h16-19H,5-15H2,1-4H3. The maximum absolute atomic E-state index is 4.44. The van der Waals surface area contributed by atoms with E-state index in [-0.39, 0.29) is 0 Å². The Morgan fingerprint density at radius 1 is 0.684 bits per heavy atom. The Kier molecular flexibility index (Phi) is 13.6. The van der Waals surface area contributed by atoms with Gasteiger partial charge < -0.3 is 0 Å². The van der Waals surface area contributed by atoms with E-state index in [9.17, 15) is 0 Å². The molecule has 2 atom stereocenters. The Morgan fingerprint density at radius 2 is 1.26 bits per heavy atom. The molecular weight excluding hydrogens is 248 g/mol. The molecule has 0 radical (unpaired) electrons. The van der Waals surface area contributed by atoms with Crippen molar-refractivity contribution in [2.24, 2.45) is 11.8 Å². The third-order valence-electron chi connectivity index (χ3n) is 4.10. The molecule has 0 aliphatic carbocycles. The molecule has 0 aromatic rings. The fourth-order valence-corrected chi connectivity index (χ4v) is 2.90. The average Bonchev–Trinajstić information content (AvgIpc) is 2.35. The molecular formula is C18H38S. The number of rotatable bonds is 13. The molecule has 0 aliphatic heterocycles. The van der Waals surface area contributed by atoms with E-state index in [1.807, 2.05) is 0 Å². The van der Waals surface area contributed by atoms with Crippen LogP contribution in [0.15, 0.2) is 0 Å². The first-order valence-electron chi connectivity index (χ1n) is 8.74. The zero-order chi connectivity index (χ0) is 14.5. The van der Waals surface area contributed by atoms with E-state index in [1.165, 1.54) is 70.6 Å². The summed E-state index contributed by atoms with van der Waals surface area (Å²) in [5, 5.41) is 0.586. The molecule has 19 heavy (non-hydrogen) atoms. The summed E-state index contributed by atoms with van der Waals surface area (Å²) in [7, 11) is 0. The van der Waals surface area contributed by atoms with Crippen LogP contribution in [0.3, 0.4) is 0 Å². The smallest absolute Gasteiger partial charge is 0.00116 e. The first-order chi connectivity index (χ1) is 9.06. The van der Waals surface area contributed by atoms with Crippen LogP contribution in [0.2, 0.25) is 0 Å². The van der Waals surface area contributed by atoms with Gasteiger partial charge in [0, 0.05) is 0 Å². The molecule has 0 aromatic carbocycles. The van der Waals surface area contributed by atoms with Crippen molar-refractivity contribution in [1.29, 1.82) is 0 Å². The topological polar surface area (TPSA) is 0 Å². The highest BCUT2D eigenvalue weighted by Crippen LogP contribution is 2.24. The highest BCUT2D eigenvalue weighted by Gasteiger charge is 2.09.